The molecule has 6 heteroatoms. The molecular weight excluding hydrogens is 485 g/mol. The predicted octanol–water partition coefficient (Wildman–Crippen LogP) is 4.34. The van der Waals surface area contributed by atoms with Gasteiger partial charge in [-0.25, -0.2) is 9.98 Å². The highest BCUT2D eigenvalue weighted by Gasteiger charge is 2.43. The summed E-state index contributed by atoms with van der Waals surface area (Å²) in [6.45, 7) is 5.20. The first-order chi connectivity index (χ1) is 14.3. The molecule has 1 aliphatic rings. The van der Waals surface area contributed by atoms with E-state index in [1.54, 1.807) is 0 Å². The zero-order chi connectivity index (χ0) is 19.9. The number of halogens is 1. The largest absolute Gasteiger partial charge is 0.357 e. The highest BCUT2D eigenvalue weighted by molar-refractivity contribution is 14.0. The molecule has 0 aliphatic heterocycles. The second-order valence-corrected chi connectivity index (χ2v) is 7.65. The molecule has 0 atom stereocenters. The van der Waals surface area contributed by atoms with Crippen LogP contribution in [-0.4, -0.2) is 28.6 Å². The Morgan fingerprint density at radius 1 is 1.03 bits per heavy atom. The van der Waals surface area contributed by atoms with E-state index >= 15 is 0 Å². The third-order valence-corrected chi connectivity index (χ3v) is 5.55. The topological polar surface area (TPSA) is 54.2 Å². The van der Waals surface area contributed by atoms with Crippen molar-refractivity contribution in [1.82, 2.24) is 20.2 Å². The maximum absolute atomic E-state index is 4.79. The fourth-order valence-corrected chi connectivity index (χ4v) is 3.67. The van der Waals surface area contributed by atoms with E-state index in [0.717, 1.165) is 31.4 Å². The summed E-state index contributed by atoms with van der Waals surface area (Å²) in [5, 5.41) is 6.92. The molecule has 1 heterocycles. The molecular formula is C24H30IN5. The van der Waals surface area contributed by atoms with E-state index in [-0.39, 0.29) is 29.4 Å². The van der Waals surface area contributed by atoms with Crippen LogP contribution in [0.4, 0.5) is 0 Å². The number of aliphatic imine (C=N–C) groups is 1. The van der Waals surface area contributed by atoms with Gasteiger partial charge in [0.2, 0.25) is 0 Å². The quantitative estimate of drug-likeness (QED) is 0.267. The Balaban J connectivity index is 0.00000256. The molecule has 4 rings (SSSR count). The van der Waals surface area contributed by atoms with Gasteiger partial charge in [0, 0.05) is 37.4 Å². The number of benzene rings is 2. The van der Waals surface area contributed by atoms with Crippen molar-refractivity contribution in [2.24, 2.45) is 4.99 Å². The van der Waals surface area contributed by atoms with E-state index in [1.807, 2.05) is 18.5 Å². The molecule has 3 aromatic rings. The Morgan fingerprint density at radius 3 is 2.40 bits per heavy atom. The van der Waals surface area contributed by atoms with E-state index in [0.29, 0.717) is 6.54 Å². The lowest BCUT2D eigenvalue weighted by molar-refractivity contribution is 0.643. The molecule has 0 radical (unpaired) electrons. The monoisotopic (exact) mass is 515 g/mol. The van der Waals surface area contributed by atoms with E-state index in [4.69, 9.17) is 4.99 Å². The van der Waals surface area contributed by atoms with Crippen LogP contribution >= 0.6 is 24.0 Å². The van der Waals surface area contributed by atoms with Crippen molar-refractivity contribution in [3.8, 4) is 0 Å². The van der Waals surface area contributed by atoms with Crippen molar-refractivity contribution in [1.29, 1.82) is 0 Å². The number of nitrogens with zero attached hydrogens (tertiary/aromatic N) is 3. The van der Waals surface area contributed by atoms with Crippen LogP contribution in [-0.2, 0) is 18.5 Å². The van der Waals surface area contributed by atoms with E-state index in [9.17, 15) is 0 Å². The van der Waals surface area contributed by atoms with Gasteiger partial charge in [0.25, 0.3) is 0 Å². The third kappa shape index (κ3) is 5.62. The minimum atomic E-state index is 0. The Kier molecular flexibility index (Phi) is 7.90. The normalized spacial score (nSPS) is 14.6. The smallest absolute Gasteiger partial charge is 0.191 e. The zero-order valence-electron chi connectivity index (χ0n) is 17.4. The lowest BCUT2D eigenvalue weighted by atomic mass is 9.96. The van der Waals surface area contributed by atoms with Crippen LogP contribution in [0.25, 0.3) is 0 Å². The zero-order valence-corrected chi connectivity index (χ0v) is 19.8. The average molecular weight is 515 g/mol. The minimum Gasteiger partial charge on any atom is -0.357 e. The first kappa shape index (κ1) is 22.3. The molecule has 0 bridgehead atoms. The maximum Gasteiger partial charge on any atom is 0.191 e. The molecule has 0 spiro atoms. The summed E-state index contributed by atoms with van der Waals surface area (Å²) >= 11 is 0. The van der Waals surface area contributed by atoms with Crippen LogP contribution in [0, 0.1) is 0 Å². The van der Waals surface area contributed by atoms with Gasteiger partial charge < -0.3 is 15.2 Å². The second-order valence-electron chi connectivity index (χ2n) is 7.65. The first-order valence-corrected chi connectivity index (χ1v) is 10.4. The summed E-state index contributed by atoms with van der Waals surface area (Å²) in [6.07, 6.45) is 6.32. The lowest BCUT2D eigenvalue weighted by Gasteiger charge is -2.19. The summed E-state index contributed by atoms with van der Waals surface area (Å²) in [7, 11) is 0. The van der Waals surface area contributed by atoms with Crippen LogP contribution in [0.1, 0.15) is 36.7 Å². The molecule has 0 amide bonds. The van der Waals surface area contributed by atoms with Crippen molar-refractivity contribution < 1.29 is 0 Å². The second kappa shape index (κ2) is 10.6. The van der Waals surface area contributed by atoms with Gasteiger partial charge in [-0.05, 0) is 30.9 Å². The molecule has 30 heavy (non-hydrogen) atoms. The van der Waals surface area contributed by atoms with Crippen molar-refractivity contribution in [2.45, 2.75) is 38.3 Å². The first-order valence-electron chi connectivity index (χ1n) is 10.4. The van der Waals surface area contributed by atoms with Crippen molar-refractivity contribution >= 4 is 29.9 Å². The molecule has 1 aliphatic carbocycles. The highest BCUT2D eigenvalue weighted by Crippen LogP contribution is 2.47. The van der Waals surface area contributed by atoms with Crippen LogP contribution in [0.5, 0.6) is 0 Å². The maximum atomic E-state index is 4.79. The van der Waals surface area contributed by atoms with Crippen LogP contribution in [0.3, 0.4) is 0 Å². The molecule has 0 unspecified atom stereocenters. The fraction of sp³-hybridized carbons (Fsp3) is 0.333. The number of hydrogen-bond donors (Lipinski definition) is 2. The van der Waals surface area contributed by atoms with Gasteiger partial charge in [-0.1, -0.05) is 60.7 Å². The van der Waals surface area contributed by atoms with Crippen molar-refractivity contribution in [3.63, 3.8) is 0 Å². The van der Waals surface area contributed by atoms with Crippen molar-refractivity contribution in [3.05, 3.63) is 90.0 Å². The summed E-state index contributed by atoms with van der Waals surface area (Å²) in [4.78, 5) is 9.31. The fourth-order valence-electron chi connectivity index (χ4n) is 3.67. The summed E-state index contributed by atoms with van der Waals surface area (Å²) < 4.78 is 2.16. The number of nitrogens with one attached hydrogen (secondary N) is 2. The predicted molar refractivity (Wildman–Crippen MR) is 133 cm³/mol. The number of rotatable bonds is 8. The van der Waals surface area contributed by atoms with E-state index in [2.05, 4.69) is 81.7 Å². The van der Waals surface area contributed by atoms with Crippen LogP contribution in [0.2, 0.25) is 0 Å². The van der Waals surface area contributed by atoms with Gasteiger partial charge in [-0.15, -0.1) is 24.0 Å². The van der Waals surface area contributed by atoms with Crippen molar-refractivity contribution in [2.75, 3.05) is 13.1 Å². The van der Waals surface area contributed by atoms with Crippen LogP contribution < -0.4 is 10.6 Å². The Bertz CT molecular complexity index is 932. The Labute approximate surface area is 196 Å². The summed E-state index contributed by atoms with van der Waals surface area (Å²) in [6, 6.07) is 21.3. The van der Waals surface area contributed by atoms with Gasteiger partial charge in [-0.3, -0.25) is 0 Å². The molecule has 5 nitrogen and oxygen atoms in total. The number of aromatic nitrogens is 2. The molecule has 1 fully saturated rings. The highest BCUT2D eigenvalue weighted by atomic mass is 127. The molecule has 158 valence electrons. The number of guanidine groups is 1. The van der Waals surface area contributed by atoms with Gasteiger partial charge in [0.15, 0.2) is 5.96 Å². The SMILES string of the molecule is CCNC(=NCc1nccn1Cc1ccccc1)NCC1(c2ccccc2)CC1.I. The standard InChI is InChI=1S/C24H29N5.HI/c1-2-25-23(28-19-24(13-14-24)21-11-7-4-8-12-21)27-17-22-26-15-16-29(22)18-20-9-5-3-6-10-20;/h3-12,15-16H,2,13-14,17-19H2,1H3,(H2,25,27,28);1H. The number of hydrogen-bond acceptors (Lipinski definition) is 2. The molecule has 0 saturated heterocycles. The average Bonchev–Trinajstić information content (AvgIpc) is 3.44. The summed E-state index contributed by atoms with van der Waals surface area (Å²) in [5.74, 6) is 1.82. The van der Waals surface area contributed by atoms with E-state index in [1.165, 1.54) is 24.0 Å². The van der Waals surface area contributed by atoms with Crippen LogP contribution in [0.15, 0.2) is 78.0 Å². The molecule has 1 aromatic heterocycles. The molecule has 1 saturated carbocycles. The number of imidazole rings is 1. The van der Waals surface area contributed by atoms with Gasteiger partial charge in [-0.2, -0.15) is 0 Å². The van der Waals surface area contributed by atoms with Gasteiger partial charge in [0.1, 0.15) is 12.4 Å². The molecule has 2 N–H and O–H groups in total. The third-order valence-electron chi connectivity index (χ3n) is 5.55. The van der Waals surface area contributed by atoms with Gasteiger partial charge in [0.05, 0.1) is 0 Å². The van der Waals surface area contributed by atoms with Gasteiger partial charge >= 0.3 is 0 Å². The minimum absolute atomic E-state index is 0. The van der Waals surface area contributed by atoms with E-state index < -0.39 is 0 Å². The Hall–Kier alpha value is -2.35. The summed E-state index contributed by atoms with van der Waals surface area (Å²) in [5.41, 5.74) is 2.93. The molecule has 2 aromatic carbocycles. The lowest BCUT2D eigenvalue weighted by Crippen LogP contribution is -2.41. The Morgan fingerprint density at radius 2 is 1.73 bits per heavy atom.